The molecule has 0 saturated carbocycles. The van der Waals surface area contributed by atoms with Crippen molar-refractivity contribution in [3.63, 3.8) is 0 Å². The maximum atomic E-state index is 12.4. The van der Waals surface area contributed by atoms with Gasteiger partial charge >= 0.3 is 5.51 Å². The highest BCUT2D eigenvalue weighted by atomic mass is 32.2. The van der Waals surface area contributed by atoms with Crippen molar-refractivity contribution < 1.29 is 27.9 Å². The van der Waals surface area contributed by atoms with E-state index < -0.39 is 22.9 Å². The van der Waals surface area contributed by atoms with E-state index in [9.17, 15) is 27.9 Å². The summed E-state index contributed by atoms with van der Waals surface area (Å²) in [6, 6.07) is 15.1. The summed E-state index contributed by atoms with van der Waals surface area (Å²) < 4.78 is 35.7. The summed E-state index contributed by atoms with van der Waals surface area (Å²) in [6.45, 7) is 6.83. The molecule has 182 valence electrons. The number of carbonyl (C=O) groups excluding carboxylic acids is 2. The molecule has 5 nitrogen and oxygen atoms in total. The lowest BCUT2D eigenvalue weighted by Crippen LogP contribution is -2.53. The number of alkyl halides is 3. The Morgan fingerprint density at radius 3 is 2.09 bits per heavy atom. The van der Waals surface area contributed by atoms with Gasteiger partial charge in [0.25, 0.3) is 5.91 Å². The molecule has 0 aliphatic heterocycles. The molecule has 4 N–H and O–H groups in total. The molecule has 0 heterocycles. The molecule has 0 atom stereocenters. The minimum Gasteiger partial charge on any atom is -0.507 e. The maximum absolute atomic E-state index is 12.4. The number of hydrogen-bond donors (Lipinski definition) is 3. The third kappa shape index (κ3) is 7.15. The van der Waals surface area contributed by atoms with E-state index in [1.165, 1.54) is 32.0 Å². The van der Waals surface area contributed by atoms with Crippen LogP contribution in [-0.4, -0.2) is 28.0 Å². The van der Waals surface area contributed by atoms with E-state index >= 15 is 0 Å². The molecule has 3 aromatic carbocycles. The van der Waals surface area contributed by atoms with Crippen molar-refractivity contribution >= 4 is 34.3 Å². The number of carbonyl (C=O) groups is 2. The predicted molar refractivity (Wildman–Crippen MR) is 129 cm³/mol. The van der Waals surface area contributed by atoms with Crippen LogP contribution in [0.25, 0.3) is 10.8 Å². The number of aromatic hydroxyl groups is 1. The van der Waals surface area contributed by atoms with Crippen LogP contribution in [0.15, 0.2) is 59.5 Å². The van der Waals surface area contributed by atoms with Crippen molar-refractivity contribution in [2.75, 3.05) is 0 Å². The van der Waals surface area contributed by atoms with Crippen molar-refractivity contribution in [1.82, 2.24) is 5.32 Å². The van der Waals surface area contributed by atoms with Crippen molar-refractivity contribution in [3.8, 4) is 5.75 Å². The molecule has 3 aromatic rings. The van der Waals surface area contributed by atoms with Crippen LogP contribution in [0.2, 0.25) is 0 Å². The minimum absolute atomic E-state index is 0.0261. The van der Waals surface area contributed by atoms with Crippen LogP contribution in [0, 0.1) is 6.92 Å². The zero-order chi connectivity index (χ0) is 25.7. The van der Waals surface area contributed by atoms with E-state index in [1.54, 1.807) is 25.1 Å². The molecule has 0 unspecified atom stereocenters. The molecule has 0 bridgehead atoms. The molecule has 2 amide bonds. The van der Waals surface area contributed by atoms with Crippen molar-refractivity contribution in [2.45, 2.75) is 50.1 Å². The Bertz CT molecular complexity index is 1180. The van der Waals surface area contributed by atoms with Gasteiger partial charge in [0.05, 0.1) is 0 Å². The van der Waals surface area contributed by atoms with Gasteiger partial charge in [-0.25, -0.2) is 0 Å². The lowest BCUT2D eigenvalue weighted by Gasteiger charge is -2.23. The van der Waals surface area contributed by atoms with Gasteiger partial charge in [-0.15, -0.1) is 0 Å². The van der Waals surface area contributed by atoms with E-state index in [1.807, 2.05) is 25.1 Å². The predicted octanol–water partition coefficient (Wildman–Crippen LogP) is 5.71. The number of thioether (sulfide) groups is 1. The first-order valence-electron chi connectivity index (χ1n) is 10.4. The molecule has 3 rings (SSSR count). The highest BCUT2D eigenvalue weighted by molar-refractivity contribution is 8.00. The van der Waals surface area contributed by atoms with E-state index in [4.69, 9.17) is 5.73 Å². The number of phenols is 1. The average molecular weight is 493 g/mol. The molecule has 0 aliphatic carbocycles. The Morgan fingerprint density at radius 2 is 1.59 bits per heavy atom. The van der Waals surface area contributed by atoms with Gasteiger partial charge in [-0.05, 0) is 73.7 Å². The van der Waals surface area contributed by atoms with Gasteiger partial charge < -0.3 is 16.2 Å². The van der Waals surface area contributed by atoms with Gasteiger partial charge in [0.1, 0.15) is 11.3 Å². The zero-order valence-corrected chi connectivity index (χ0v) is 20.1. The van der Waals surface area contributed by atoms with Gasteiger partial charge in [0.15, 0.2) is 0 Å². The van der Waals surface area contributed by atoms with E-state index in [-0.39, 0.29) is 22.4 Å². The summed E-state index contributed by atoms with van der Waals surface area (Å²) in [5.41, 5.74) is 2.01. The fourth-order valence-electron chi connectivity index (χ4n) is 3.08. The van der Waals surface area contributed by atoms with E-state index in [0.29, 0.717) is 10.9 Å². The number of primary amides is 1. The van der Waals surface area contributed by atoms with Crippen LogP contribution < -0.4 is 11.1 Å². The molecule has 0 aliphatic rings. The summed E-state index contributed by atoms with van der Waals surface area (Å²) >= 11 is -0.0801. The number of halogens is 3. The topological polar surface area (TPSA) is 92.4 Å². The van der Waals surface area contributed by atoms with Crippen molar-refractivity contribution in [2.24, 2.45) is 5.73 Å². The van der Waals surface area contributed by atoms with Gasteiger partial charge in [-0.2, -0.15) is 13.2 Å². The minimum atomic E-state index is -4.19. The number of amides is 2. The van der Waals surface area contributed by atoms with Crippen LogP contribution in [0.4, 0.5) is 13.2 Å². The lowest BCUT2D eigenvalue weighted by atomic mass is 9.97. The third-order valence-electron chi connectivity index (χ3n) is 5.14. The highest BCUT2D eigenvalue weighted by Gasteiger charge is 2.29. The first-order chi connectivity index (χ1) is 15.7. The quantitative estimate of drug-likeness (QED) is 0.398. The third-order valence-corrected chi connectivity index (χ3v) is 5.88. The van der Waals surface area contributed by atoms with E-state index in [2.05, 4.69) is 5.32 Å². The summed E-state index contributed by atoms with van der Waals surface area (Å²) in [7, 11) is 0. The Labute approximate surface area is 200 Å². The highest BCUT2D eigenvalue weighted by Crippen LogP contribution is 2.36. The first kappa shape index (κ1) is 27.0. The molecular formula is C25H27F3N2O3S. The summed E-state index contributed by atoms with van der Waals surface area (Å²) in [5.74, 6) is -1.05. The SMILES string of the molecule is CCc1ccc(SC(F)(F)F)cc1.Cc1c(C(=O)NC(C)(C)C(N)=O)cc(O)c2ccccc12. The summed E-state index contributed by atoms with van der Waals surface area (Å²) in [5, 5.41) is 14.1. The van der Waals surface area contributed by atoms with Crippen LogP contribution in [0.5, 0.6) is 5.75 Å². The molecule has 0 radical (unpaired) electrons. The van der Waals surface area contributed by atoms with Crippen LogP contribution >= 0.6 is 11.8 Å². The Kier molecular flexibility index (Phi) is 8.61. The molecule has 34 heavy (non-hydrogen) atoms. The van der Waals surface area contributed by atoms with Crippen LogP contribution in [0.3, 0.4) is 0 Å². The normalized spacial score (nSPS) is 11.5. The van der Waals surface area contributed by atoms with Gasteiger partial charge in [0, 0.05) is 15.8 Å². The largest absolute Gasteiger partial charge is 0.507 e. The average Bonchev–Trinajstić information content (AvgIpc) is 2.75. The second kappa shape index (κ2) is 10.8. The smallest absolute Gasteiger partial charge is 0.446 e. The first-order valence-corrected chi connectivity index (χ1v) is 11.2. The molecule has 0 saturated heterocycles. The second-order valence-electron chi connectivity index (χ2n) is 8.10. The van der Waals surface area contributed by atoms with Crippen molar-refractivity contribution in [3.05, 3.63) is 71.3 Å². The summed E-state index contributed by atoms with van der Waals surface area (Å²) in [4.78, 5) is 23.9. The molecular weight excluding hydrogens is 465 g/mol. The maximum Gasteiger partial charge on any atom is 0.446 e. The molecule has 0 aromatic heterocycles. The number of rotatable bonds is 5. The fraction of sp³-hybridized carbons (Fsp3) is 0.280. The number of phenolic OH excluding ortho intramolecular Hbond substituents is 1. The zero-order valence-electron chi connectivity index (χ0n) is 19.3. The van der Waals surface area contributed by atoms with E-state index in [0.717, 1.165) is 22.9 Å². The van der Waals surface area contributed by atoms with Crippen molar-refractivity contribution in [1.29, 1.82) is 0 Å². The number of nitrogens with two attached hydrogens (primary N) is 1. The number of nitrogens with one attached hydrogen (secondary N) is 1. The van der Waals surface area contributed by atoms with Crippen LogP contribution in [0.1, 0.15) is 42.3 Å². The fourth-order valence-corrected chi connectivity index (χ4v) is 3.62. The van der Waals surface area contributed by atoms with Gasteiger partial charge in [-0.3, -0.25) is 9.59 Å². The second-order valence-corrected chi connectivity index (χ2v) is 9.24. The number of aryl methyl sites for hydroxylation is 2. The van der Waals surface area contributed by atoms with Gasteiger partial charge in [0.2, 0.25) is 5.91 Å². The monoisotopic (exact) mass is 492 g/mol. The number of fused-ring (bicyclic) bond motifs is 1. The number of benzene rings is 3. The Hall–Kier alpha value is -3.20. The van der Waals surface area contributed by atoms with Crippen LogP contribution in [-0.2, 0) is 11.2 Å². The lowest BCUT2D eigenvalue weighted by molar-refractivity contribution is -0.122. The molecule has 9 heteroatoms. The van der Waals surface area contributed by atoms with Gasteiger partial charge in [-0.1, -0.05) is 43.3 Å². The Balaban J connectivity index is 0.000000270. The standard InChI is InChI=1S/C16H18N2O3.C9H9F3S/c1-9-10-6-4-5-7-11(10)13(19)8-12(9)14(20)18-16(2,3)15(17)21;1-2-7-3-5-8(6-4-7)13-9(10,11)12/h4-8,19H,1-3H3,(H2,17,21)(H,18,20);3-6H,2H2,1H3. The Morgan fingerprint density at radius 1 is 1.03 bits per heavy atom. The molecule has 0 fully saturated rings. The molecule has 0 spiro atoms. The summed E-state index contributed by atoms with van der Waals surface area (Å²) in [6.07, 6.45) is 0.844. The number of hydrogen-bond acceptors (Lipinski definition) is 4.